The minimum absolute atomic E-state index is 0.994. The van der Waals surface area contributed by atoms with Crippen molar-refractivity contribution in [1.29, 1.82) is 0 Å². The lowest BCUT2D eigenvalue weighted by molar-refractivity contribution is 1.23. The fourth-order valence-corrected chi connectivity index (χ4v) is 7.83. The van der Waals surface area contributed by atoms with Crippen molar-refractivity contribution in [3.05, 3.63) is 134 Å². The number of aromatic nitrogens is 4. The molecule has 11 rings (SSSR count). The summed E-state index contributed by atoms with van der Waals surface area (Å²) in [6.07, 6.45) is 7.18. The van der Waals surface area contributed by atoms with Crippen molar-refractivity contribution < 1.29 is 0 Å². The molecule has 0 aliphatic carbocycles. The molecule has 210 valence electrons. The number of fused-ring (bicyclic) bond motifs is 16. The summed E-state index contributed by atoms with van der Waals surface area (Å²) >= 11 is 0. The second kappa shape index (κ2) is 8.68. The molecule has 4 nitrogen and oxygen atoms in total. The van der Waals surface area contributed by atoms with E-state index in [0.717, 1.165) is 32.6 Å². The first-order chi connectivity index (χ1) is 22.8. The zero-order valence-corrected chi connectivity index (χ0v) is 24.5. The Morgan fingerprint density at radius 1 is 0.283 bits per heavy atom. The number of hydrogen-bond donors (Lipinski definition) is 0. The van der Waals surface area contributed by atoms with Crippen LogP contribution in [0.5, 0.6) is 0 Å². The average molecular weight is 583 g/mol. The maximum Gasteiger partial charge on any atom is 0.116 e. The molecule has 0 amide bonds. The van der Waals surface area contributed by atoms with Crippen LogP contribution in [0.25, 0.3) is 108 Å². The van der Waals surface area contributed by atoms with Gasteiger partial charge in [-0.3, -0.25) is 0 Å². The van der Waals surface area contributed by atoms with Crippen molar-refractivity contribution in [2.45, 2.75) is 0 Å². The molecular formula is C42H22N4. The van der Waals surface area contributed by atoms with E-state index in [1.165, 1.54) is 75.4 Å². The van der Waals surface area contributed by atoms with Crippen molar-refractivity contribution in [2.24, 2.45) is 0 Å². The Hall–Kier alpha value is -6.26. The molecule has 4 heteroatoms. The van der Waals surface area contributed by atoms with Gasteiger partial charge in [-0.15, -0.1) is 0 Å². The number of benzene rings is 9. The predicted molar refractivity (Wildman–Crippen MR) is 193 cm³/mol. The Balaban J connectivity index is 1.20. The van der Waals surface area contributed by atoms with E-state index >= 15 is 0 Å². The minimum atomic E-state index is 0.994. The van der Waals surface area contributed by atoms with E-state index in [-0.39, 0.29) is 0 Å². The summed E-state index contributed by atoms with van der Waals surface area (Å²) in [5.41, 5.74) is 1.99. The van der Waals surface area contributed by atoms with Gasteiger partial charge in [-0.05, 0) is 136 Å². The summed E-state index contributed by atoms with van der Waals surface area (Å²) in [7, 11) is 0. The standard InChI is InChI=1S/C42H22N4/c1-2-6-32-31(5-1)36-16-28-12-24-9-23-11-27-15-35-33-7-3-4-8-34(33)41-40(20-44-21-45-41)37(35)17-29(27)13-25(23)10-26(24)14-30(28)18-38(36)42-39(32)19-43-22-46-42/h1-22H. The van der Waals surface area contributed by atoms with Crippen LogP contribution in [-0.2, 0) is 0 Å². The molecule has 0 radical (unpaired) electrons. The summed E-state index contributed by atoms with van der Waals surface area (Å²) in [5.74, 6) is 0. The molecule has 9 aromatic carbocycles. The number of rotatable bonds is 0. The van der Waals surface area contributed by atoms with Gasteiger partial charge in [0.05, 0.1) is 11.0 Å². The Labute approximate surface area is 261 Å². The quantitative estimate of drug-likeness (QED) is 0.132. The zero-order chi connectivity index (χ0) is 29.9. The second-order valence-electron chi connectivity index (χ2n) is 12.4. The van der Waals surface area contributed by atoms with E-state index < -0.39 is 0 Å². The molecule has 0 atom stereocenters. The minimum Gasteiger partial charge on any atom is -0.244 e. The maximum absolute atomic E-state index is 4.74. The molecule has 46 heavy (non-hydrogen) atoms. The molecule has 2 heterocycles. The Kier molecular flexibility index (Phi) is 4.55. The van der Waals surface area contributed by atoms with Crippen LogP contribution in [0.15, 0.2) is 134 Å². The molecule has 11 aromatic rings. The Morgan fingerprint density at radius 3 is 1.13 bits per heavy atom. The highest BCUT2D eigenvalue weighted by Gasteiger charge is 2.14. The van der Waals surface area contributed by atoms with Crippen molar-refractivity contribution >= 4 is 108 Å². The van der Waals surface area contributed by atoms with Crippen LogP contribution in [0.1, 0.15) is 0 Å². The lowest BCUT2D eigenvalue weighted by atomic mass is 9.92. The monoisotopic (exact) mass is 582 g/mol. The summed E-state index contributed by atoms with van der Waals surface area (Å²) in [6.45, 7) is 0. The van der Waals surface area contributed by atoms with Crippen LogP contribution < -0.4 is 0 Å². The Morgan fingerprint density at radius 2 is 0.609 bits per heavy atom. The van der Waals surface area contributed by atoms with Gasteiger partial charge in [-0.1, -0.05) is 48.5 Å². The summed E-state index contributed by atoms with van der Waals surface area (Å²) in [6, 6.07) is 40.4. The third kappa shape index (κ3) is 3.22. The Bertz CT molecular complexity index is 2720. The van der Waals surface area contributed by atoms with Crippen molar-refractivity contribution in [2.75, 3.05) is 0 Å². The molecule has 0 aliphatic rings. The molecule has 0 aliphatic heterocycles. The van der Waals surface area contributed by atoms with Crippen LogP contribution in [0.4, 0.5) is 0 Å². The summed E-state index contributed by atoms with van der Waals surface area (Å²) < 4.78 is 0. The SMILES string of the molecule is c1ccc2c(c1)c1cc3cc4cc5cc6cc7c8ccccc8c8ncncc8c7cc6cc5cc4cc3cc1c1ncncc21. The molecule has 0 spiro atoms. The highest BCUT2D eigenvalue weighted by Crippen LogP contribution is 2.40. The predicted octanol–water partition coefficient (Wildman–Crippen LogP) is 10.8. The van der Waals surface area contributed by atoms with Gasteiger partial charge < -0.3 is 0 Å². The fourth-order valence-electron chi connectivity index (χ4n) is 7.83. The fraction of sp³-hybridized carbons (Fsp3) is 0. The first-order valence-corrected chi connectivity index (χ1v) is 15.5. The molecule has 0 fully saturated rings. The molecule has 0 unspecified atom stereocenters. The molecule has 0 bridgehead atoms. The van der Waals surface area contributed by atoms with Crippen LogP contribution in [0, 0.1) is 0 Å². The van der Waals surface area contributed by atoms with Gasteiger partial charge in [0.15, 0.2) is 0 Å². The molecule has 0 saturated carbocycles. The van der Waals surface area contributed by atoms with Crippen LogP contribution in [0.3, 0.4) is 0 Å². The van der Waals surface area contributed by atoms with E-state index in [1.807, 2.05) is 12.4 Å². The van der Waals surface area contributed by atoms with Gasteiger partial charge in [-0.2, -0.15) is 0 Å². The van der Waals surface area contributed by atoms with E-state index in [1.54, 1.807) is 12.7 Å². The first kappa shape index (κ1) is 24.1. The first-order valence-electron chi connectivity index (χ1n) is 15.5. The van der Waals surface area contributed by atoms with Crippen LogP contribution in [-0.4, -0.2) is 19.9 Å². The van der Waals surface area contributed by atoms with Crippen molar-refractivity contribution in [3.63, 3.8) is 0 Å². The van der Waals surface area contributed by atoms with E-state index in [2.05, 4.69) is 124 Å². The van der Waals surface area contributed by atoms with Crippen LogP contribution >= 0.6 is 0 Å². The number of hydrogen-bond acceptors (Lipinski definition) is 4. The summed E-state index contributed by atoms with van der Waals surface area (Å²) in [4.78, 5) is 18.2. The lowest BCUT2D eigenvalue weighted by Gasteiger charge is -2.13. The van der Waals surface area contributed by atoms with Gasteiger partial charge in [-0.25, -0.2) is 19.9 Å². The highest BCUT2D eigenvalue weighted by atomic mass is 14.8. The van der Waals surface area contributed by atoms with Gasteiger partial charge in [0.25, 0.3) is 0 Å². The van der Waals surface area contributed by atoms with E-state index in [9.17, 15) is 0 Å². The third-order valence-corrected chi connectivity index (χ3v) is 9.93. The zero-order valence-electron chi connectivity index (χ0n) is 24.5. The summed E-state index contributed by atoms with van der Waals surface area (Å²) in [5, 5.41) is 21.6. The molecular weight excluding hydrogens is 560 g/mol. The smallest absolute Gasteiger partial charge is 0.116 e. The maximum atomic E-state index is 4.74. The molecule has 0 saturated heterocycles. The van der Waals surface area contributed by atoms with Crippen LogP contribution in [0.2, 0.25) is 0 Å². The van der Waals surface area contributed by atoms with E-state index in [4.69, 9.17) is 4.98 Å². The highest BCUT2D eigenvalue weighted by molar-refractivity contribution is 6.28. The average Bonchev–Trinajstić information content (AvgIpc) is 3.11. The lowest BCUT2D eigenvalue weighted by Crippen LogP contribution is -1.88. The molecule has 0 N–H and O–H groups in total. The topological polar surface area (TPSA) is 51.6 Å². The van der Waals surface area contributed by atoms with Gasteiger partial charge in [0.2, 0.25) is 0 Å². The van der Waals surface area contributed by atoms with Crippen molar-refractivity contribution in [1.82, 2.24) is 19.9 Å². The molecule has 2 aromatic heterocycles. The van der Waals surface area contributed by atoms with Gasteiger partial charge in [0.1, 0.15) is 12.7 Å². The normalized spacial score (nSPS) is 12.3. The second-order valence-corrected chi connectivity index (χ2v) is 12.4. The van der Waals surface area contributed by atoms with Gasteiger partial charge in [0, 0.05) is 33.9 Å². The third-order valence-electron chi connectivity index (χ3n) is 9.93. The van der Waals surface area contributed by atoms with Gasteiger partial charge >= 0.3 is 0 Å². The largest absolute Gasteiger partial charge is 0.244 e. The number of nitrogens with zero attached hydrogens (tertiary/aromatic N) is 4. The van der Waals surface area contributed by atoms with Crippen molar-refractivity contribution in [3.8, 4) is 0 Å². The van der Waals surface area contributed by atoms with E-state index in [0.29, 0.717) is 0 Å².